The van der Waals surface area contributed by atoms with Crippen LogP contribution in [0, 0.1) is 23.5 Å². The summed E-state index contributed by atoms with van der Waals surface area (Å²) in [6.45, 7) is 5.89. The molecule has 27 heavy (non-hydrogen) atoms. The van der Waals surface area contributed by atoms with Gasteiger partial charge in [-0.25, -0.2) is 4.39 Å². The average Bonchev–Trinajstić information content (AvgIpc) is 2.71. The summed E-state index contributed by atoms with van der Waals surface area (Å²) in [5.74, 6) is -0.284. The zero-order chi connectivity index (χ0) is 19.2. The van der Waals surface area contributed by atoms with Gasteiger partial charge in [-0.2, -0.15) is 4.39 Å². The van der Waals surface area contributed by atoms with Crippen LogP contribution in [0.25, 0.3) is 5.57 Å². The molecule has 2 unspecified atom stereocenters. The van der Waals surface area contributed by atoms with Crippen molar-refractivity contribution in [2.24, 2.45) is 11.8 Å². The van der Waals surface area contributed by atoms with Gasteiger partial charge in [0.05, 0.1) is 6.61 Å². The number of hydrogen-bond acceptors (Lipinski definition) is 1. The molecular weight excluding hydrogens is 342 g/mol. The van der Waals surface area contributed by atoms with Crippen LogP contribution in [0.2, 0.25) is 0 Å². The van der Waals surface area contributed by atoms with E-state index in [4.69, 9.17) is 4.74 Å². The molecule has 1 aromatic rings. The van der Waals surface area contributed by atoms with Crippen LogP contribution in [0.5, 0.6) is 5.75 Å². The smallest absolute Gasteiger partial charge is 0.201 e. The molecule has 0 aliphatic heterocycles. The molecule has 2 atom stereocenters. The summed E-state index contributed by atoms with van der Waals surface area (Å²) < 4.78 is 33.8. The zero-order valence-electron chi connectivity index (χ0n) is 16.3. The monoisotopic (exact) mass is 372 g/mol. The quantitative estimate of drug-likeness (QED) is 0.458. The van der Waals surface area contributed by atoms with Crippen LogP contribution in [0.3, 0.4) is 0 Å². The molecule has 0 saturated carbocycles. The van der Waals surface area contributed by atoms with Crippen LogP contribution in [-0.2, 0) is 0 Å². The van der Waals surface area contributed by atoms with E-state index in [1.54, 1.807) is 24.6 Å². The molecule has 2 aliphatic rings. The number of halogens is 2. The highest BCUT2D eigenvalue weighted by atomic mass is 19.2. The average molecular weight is 372 g/mol. The van der Waals surface area contributed by atoms with E-state index in [0.717, 1.165) is 50.0 Å². The van der Waals surface area contributed by atoms with E-state index in [-0.39, 0.29) is 5.75 Å². The second-order valence-electron chi connectivity index (χ2n) is 7.66. The molecule has 0 N–H and O–H groups in total. The first-order valence-electron chi connectivity index (χ1n) is 10.2. The first-order chi connectivity index (χ1) is 13.1. The zero-order valence-corrected chi connectivity index (χ0v) is 16.3. The van der Waals surface area contributed by atoms with Crippen LogP contribution >= 0.6 is 0 Å². The van der Waals surface area contributed by atoms with Gasteiger partial charge in [0.2, 0.25) is 5.82 Å². The van der Waals surface area contributed by atoms with Gasteiger partial charge in [-0.05, 0) is 87.8 Å². The van der Waals surface area contributed by atoms with E-state index in [1.165, 1.54) is 12.8 Å². The highest BCUT2D eigenvalue weighted by Crippen LogP contribution is 2.41. The summed E-state index contributed by atoms with van der Waals surface area (Å²) in [6, 6.07) is 3.20. The number of rotatable bonds is 7. The van der Waals surface area contributed by atoms with Crippen LogP contribution in [0.4, 0.5) is 8.78 Å². The molecule has 0 radical (unpaired) electrons. The molecule has 0 spiro atoms. The summed E-state index contributed by atoms with van der Waals surface area (Å²) in [5, 5.41) is 0. The van der Waals surface area contributed by atoms with Crippen molar-refractivity contribution in [2.45, 2.75) is 58.3 Å². The minimum Gasteiger partial charge on any atom is -0.491 e. The van der Waals surface area contributed by atoms with Gasteiger partial charge in [-0.1, -0.05) is 23.8 Å². The normalized spacial score (nSPS) is 22.8. The number of allylic oxidation sites excluding steroid dienone is 5. The SMILES string of the molecule is C=CCCC1=CCC(C2CC=C(c3ccc(OCC)c(F)c3F)CC2)CC1. The second kappa shape index (κ2) is 9.34. The molecule has 3 heteroatoms. The fourth-order valence-corrected chi connectivity index (χ4v) is 4.43. The lowest BCUT2D eigenvalue weighted by atomic mass is 9.73. The summed E-state index contributed by atoms with van der Waals surface area (Å²) in [6.07, 6.45) is 15.2. The summed E-state index contributed by atoms with van der Waals surface area (Å²) in [4.78, 5) is 0. The third-order valence-corrected chi connectivity index (χ3v) is 6.03. The van der Waals surface area contributed by atoms with Gasteiger partial charge in [0.1, 0.15) is 0 Å². The Morgan fingerprint density at radius 3 is 2.41 bits per heavy atom. The van der Waals surface area contributed by atoms with Gasteiger partial charge >= 0.3 is 0 Å². The van der Waals surface area contributed by atoms with Gasteiger partial charge in [-0.3, -0.25) is 0 Å². The molecule has 0 amide bonds. The Morgan fingerprint density at radius 1 is 1.07 bits per heavy atom. The van der Waals surface area contributed by atoms with Crippen molar-refractivity contribution in [3.8, 4) is 5.75 Å². The molecule has 0 heterocycles. The maximum absolute atomic E-state index is 14.5. The van der Waals surface area contributed by atoms with Crippen molar-refractivity contribution in [3.63, 3.8) is 0 Å². The van der Waals surface area contributed by atoms with Crippen molar-refractivity contribution in [1.82, 2.24) is 0 Å². The van der Waals surface area contributed by atoms with Crippen molar-refractivity contribution in [1.29, 1.82) is 0 Å². The second-order valence-corrected chi connectivity index (χ2v) is 7.66. The Balaban J connectivity index is 1.63. The highest BCUT2D eigenvalue weighted by molar-refractivity contribution is 5.67. The topological polar surface area (TPSA) is 9.23 Å². The molecule has 0 bridgehead atoms. The Hall–Kier alpha value is -1.90. The van der Waals surface area contributed by atoms with Crippen molar-refractivity contribution >= 4 is 5.57 Å². The standard InChI is InChI=1S/C24H30F2O/c1-3-5-6-17-7-9-18(10-8-17)19-11-13-20(14-12-19)21-15-16-22(27-4-2)24(26)23(21)25/h3,7,13,15-16,18-19H,1,4-6,8-12,14H2,2H3. The highest BCUT2D eigenvalue weighted by Gasteiger charge is 2.27. The van der Waals surface area contributed by atoms with Crippen molar-refractivity contribution < 1.29 is 13.5 Å². The van der Waals surface area contributed by atoms with E-state index in [9.17, 15) is 8.78 Å². The Labute approximate surface area is 161 Å². The van der Waals surface area contributed by atoms with Gasteiger partial charge < -0.3 is 4.74 Å². The van der Waals surface area contributed by atoms with E-state index < -0.39 is 11.6 Å². The predicted molar refractivity (Wildman–Crippen MR) is 108 cm³/mol. The summed E-state index contributed by atoms with van der Waals surface area (Å²) in [7, 11) is 0. The first-order valence-corrected chi connectivity index (χ1v) is 10.2. The largest absolute Gasteiger partial charge is 0.491 e. The van der Waals surface area contributed by atoms with E-state index in [2.05, 4.69) is 18.7 Å². The molecule has 0 aromatic heterocycles. The molecule has 3 rings (SSSR count). The lowest BCUT2D eigenvalue weighted by molar-refractivity contribution is 0.285. The Kier molecular flexibility index (Phi) is 6.87. The van der Waals surface area contributed by atoms with E-state index >= 15 is 0 Å². The summed E-state index contributed by atoms with van der Waals surface area (Å²) in [5.41, 5.74) is 2.90. The molecule has 1 aromatic carbocycles. The van der Waals surface area contributed by atoms with Gasteiger partial charge in [0, 0.05) is 5.56 Å². The van der Waals surface area contributed by atoms with Gasteiger partial charge in [0.15, 0.2) is 11.6 Å². The fourth-order valence-electron chi connectivity index (χ4n) is 4.43. The lowest BCUT2D eigenvalue weighted by Gasteiger charge is -2.32. The van der Waals surface area contributed by atoms with Crippen LogP contribution in [0.1, 0.15) is 63.9 Å². The van der Waals surface area contributed by atoms with Crippen molar-refractivity contribution in [3.05, 3.63) is 59.7 Å². The predicted octanol–water partition coefficient (Wildman–Crippen LogP) is 7.24. The minimum absolute atomic E-state index is 0.00529. The van der Waals surface area contributed by atoms with Crippen LogP contribution in [-0.4, -0.2) is 6.61 Å². The molecule has 146 valence electrons. The molecule has 0 saturated heterocycles. The number of ether oxygens (including phenoxy) is 1. The molecular formula is C24H30F2O. The maximum atomic E-state index is 14.5. The fraction of sp³-hybridized carbons (Fsp3) is 0.500. The maximum Gasteiger partial charge on any atom is 0.201 e. The number of hydrogen-bond donors (Lipinski definition) is 0. The lowest BCUT2D eigenvalue weighted by Crippen LogP contribution is -2.19. The molecule has 2 aliphatic carbocycles. The van der Waals surface area contributed by atoms with Crippen molar-refractivity contribution in [2.75, 3.05) is 6.61 Å². The van der Waals surface area contributed by atoms with Gasteiger partial charge in [0.25, 0.3) is 0 Å². The van der Waals surface area contributed by atoms with Crippen LogP contribution in [0.15, 0.2) is 42.5 Å². The van der Waals surface area contributed by atoms with E-state index in [0.29, 0.717) is 18.1 Å². The Bertz CT molecular complexity index is 732. The minimum atomic E-state index is -0.873. The number of benzene rings is 1. The molecule has 1 nitrogen and oxygen atoms in total. The summed E-state index contributed by atoms with van der Waals surface area (Å²) >= 11 is 0. The Morgan fingerprint density at radius 2 is 1.81 bits per heavy atom. The molecule has 0 fully saturated rings. The first kappa shape index (κ1) is 19.9. The third kappa shape index (κ3) is 4.69. The third-order valence-electron chi connectivity index (χ3n) is 6.03. The van der Waals surface area contributed by atoms with E-state index in [1.807, 2.05) is 6.08 Å². The van der Waals surface area contributed by atoms with Crippen LogP contribution < -0.4 is 4.74 Å². The van der Waals surface area contributed by atoms with Gasteiger partial charge in [-0.15, -0.1) is 6.58 Å².